The first-order valence-electron chi connectivity index (χ1n) is 5.96. The molecule has 1 unspecified atom stereocenters. The minimum absolute atomic E-state index is 0.426. The summed E-state index contributed by atoms with van der Waals surface area (Å²) in [5, 5.41) is 16.5. The fourth-order valence-electron chi connectivity index (χ4n) is 2.12. The molecule has 1 heterocycles. The molecule has 0 saturated carbocycles. The van der Waals surface area contributed by atoms with Crippen molar-refractivity contribution in [2.45, 2.75) is 25.3 Å². The van der Waals surface area contributed by atoms with Gasteiger partial charge in [-0.15, -0.1) is 0 Å². The maximum Gasteiger partial charge on any atom is 0.101 e. The van der Waals surface area contributed by atoms with E-state index in [0.717, 1.165) is 31.6 Å². The molecular weight excluding hydrogens is 234 g/mol. The third kappa shape index (κ3) is 3.36. The number of nitrogens with zero attached hydrogens (tertiary/aromatic N) is 1. The molecule has 0 spiro atoms. The first-order valence-corrected chi connectivity index (χ1v) is 6.34. The zero-order chi connectivity index (χ0) is 12.1. The summed E-state index contributed by atoms with van der Waals surface area (Å²) in [7, 11) is 0. The van der Waals surface area contributed by atoms with Gasteiger partial charge in [-0.25, -0.2) is 0 Å². The lowest BCUT2D eigenvalue weighted by Crippen LogP contribution is -2.21. The lowest BCUT2D eigenvalue weighted by Gasteiger charge is -2.18. The lowest BCUT2D eigenvalue weighted by molar-refractivity contribution is 0.637. The van der Waals surface area contributed by atoms with E-state index in [-0.39, 0.29) is 0 Å². The molecule has 2 N–H and O–H groups in total. The van der Waals surface area contributed by atoms with Gasteiger partial charge in [0.25, 0.3) is 0 Å². The van der Waals surface area contributed by atoms with Crippen molar-refractivity contribution in [3.63, 3.8) is 0 Å². The Morgan fingerprint density at radius 3 is 3.06 bits per heavy atom. The van der Waals surface area contributed by atoms with Gasteiger partial charge >= 0.3 is 0 Å². The molecule has 1 saturated heterocycles. The molecule has 1 aromatic carbocycles. The van der Waals surface area contributed by atoms with Gasteiger partial charge < -0.3 is 10.6 Å². The highest BCUT2D eigenvalue weighted by Gasteiger charge is 2.13. The zero-order valence-corrected chi connectivity index (χ0v) is 10.4. The molecule has 90 valence electrons. The molecule has 0 aromatic heterocycles. The van der Waals surface area contributed by atoms with Gasteiger partial charge in [-0.3, -0.25) is 0 Å². The van der Waals surface area contributed by atoms with Crippen LogP contribution in [0.2, 0.25) is 5.02 Å². The Morgan fingerprint density at radius 1 is 1.35 bits per heavy atom. The molecule has 1 aromatic rings. The predicted octanol–water partition coefficient (Wildman–Crippen LogP) is 2.77. The molecule has 2 rings (SSSR count). The van der Waals surface area contributed by atoms with Gasteiger partial charge in [0.2, 0.25) is 0 Å². The molecule has 0 radical (unpaired) electrons. The maximum absolute atomic E-state index is 9.05. The van der Waals surface area contributed by atoms with E-state index in [2.05, 4.69) is 16.7 Å². The van der Waals surface area contributed by atoms with Crippen molar-refractivity contribution in [2.75, 3.05) is 18.4 Å². The Morgan fingerprint density at radius 2 is 2.24 bits per heavy atom. The Kier molecular flexibility index (Phi) is 4.24. The van der Waals surface area contributed by atoms with E-state index in [1.165, 1.54) is 6.42 Å². The molecule has 0 amide bonds. The van der Waals surface area contributed by atoms with Crippen molar-refractivity contribution >= 4 is 17.3 Å². The zero-order valence-electron chi connectivity index (χ0n) is 9.67. The number of hydrogen-bond acceptors (Lipinski definition) is 3. The Bertz CT molecular complexity index is 417. The largest absolute Gasteiger partial charge is 0.381 e. The Balaban J connectivity index is 2.11. The molecule has 3 nitrogen and oxygen atoms in total. The number of nitriles is 1. The number of anilines is 1. The number of benzene rings is 1. The number of hydrogen-bond donors (Lipinski definition) is 2. The molecule has 1 atom stereocenters. The van der Waals surface area contributed by atoms with Crippen LogP contribution in [0.25, 0.3) is 0 Å². The quantitative estimate of drug-likeness (QED) is 0.847. The van der Waals surface area contributed by atoms with Crippen molar-refractivity contribution in [2.24, 2.45) is 0 Å². The van der Waals surface area contributed by atoms with Gasteiger partial charge in [0.1, 0.15) is 6.07 Å². The molecule has 0 aliphatic carbocycles. The minimum atomic E-state index is 0.426. The van der Waals surface area contributed by atoms with Crippen LogP contribution in [0.1, 0.15) is 24.8 Å². The summed E-state index contributed by atoms with van der Waals surface area (Å²) < 4.78 is 0. The summed E-state index contributed by atoms with van der Waals surface area (Å²) in [5.41, 5.74) is 1.51. The smallest absolute Gasteiger partial charge is 0.101 e. The third-order valence-corrected chi connectivity index (χ3v) is 3.27. The second kappa shape index (κ2) is 5.90. The van der Waals surface area contributed by atoms with E-state index in [9.17, 15) is 0 Å². The highest BCUT2D eigenvalue weighted by Crippen LogP contribution is 2.22. The number of nitrogens with one attached hydrogen (secondary N) is 2. The molecule has 4 heteroatoms. The SMILES string of the molecule is N#Cc1ccc(Cl)cc1NC1CCCNCC1. The van der Waals surface area contributed by atoms with Gasteiger partial charge in [-0.05, 0) is 50.6 Å². The second-order valence-electron chi connectivity index (χ2n) is 4.32. The highest BCUT2D eigenvalue weighted by atomic mass is 35.5. The van der Waals surface area contributed by atoms with Gasteiger partial charge in [-0.1, -0.05) is 11.6 Å². The lowest BCUT2D eigenvalue weighted by atomic mass is 10.1. The normalized spacial score (nSPS) is 20.4. The van der Waals surface area contributed by atoms with E-state index >= 15 is 0 Å². The van der Waals surface area contributed by atoms with Crippen LogP contribution < -0.4 is 10.6 Å². The minimum Gasteiger partial charge on any atom is -0.381 e. The standard InChI is InChI=1S/C13H16ClN3/c14-11-4-3-10(9-15)13(8-11)17-12-2-1-6-16-7-5-12/h3-4,8,12,16-17H,1-2,5-7H2. The summed E-state index contributed by atoms with van der Waals surface area (Å²) in [5.74, 6) is 0. The van der Waals surface area contributed by atoms with E-state index in [0.29, 0.717) is 16.6 Å². The molecule has 0 bridgehead atoms. The highest BCUT2D eigenvalue weighted by molar-refractivity contribution is 6.30. The first-order chi connectivity index (χ1) is 8.29. The van der Waals surface area contributed by atoms with Gasteiger partial charge in [-0.2, -0.15) is 5.26 Å². The molecular formula is C13H16ClN3. The van der Waals surface area contributed by atoms with Crippen LogP contribution in [0.5, 0.6) is 0 Å². The van der Waals surface area contributed by atoms with Crippen LogP contribution >= 0.6 is 11.6 Å². The molecule has 1 aliphatic rings. The van der Waals surface area contributed by atoms with Gasteiger partial charge in [0, 0.05) is 11.1 Å². The monoisotopic (exact) mass is 249 g/mol. The summed E-state index contributed by atoms with van der Waals surface area (Å²) in [6, 6.07) is 7.96. The topological polar surface area (TPSA) is 47.9 Å². The van der Waals surface area contributed by atoms with Crippen LogP contribution in [-0.4, -0.2) is 19.1 Å². The predicted molar refractivity (Wildman–Crippen MR) is 70.3 cm³/mol. The van der Waals surface area contributed by atoms with Crippen molar-refractivity contribution in [1.82, 2.24) is 5.32 Å². The van der Waals surface area contributed by atoms with Gasteiger partial charge in [0.15, 0.2) is 0 Å². The van der Waals surface area contributed by atoms with Crippen molar-refractivity contribution in [3.8, 4) is 6.07 Å². The fraction of sp³-hybridized carbons (Fsp3) is 0.462. The van der Waals surface area contributed by atoms with Crippen molar-refractivity contribution in [3.05, 3.63) is 28.8 Å². The molecule has 1 aliphatic heterocycles. The summed E-state index contributed by atoms with van der Waals surface area (Å²) >= 11 is 5.96. The summed E-state index contributed by atoms with van der Waals surface area (Å²) in [6.07, 6.45) is 3.38. The van der Waals surface area contributed by atoms with Crippen LogP contribution in [-0.2, 0) is 0 Å². The van der Waals surface area contributed by atoms with E-state index < -0.39 is 0 Å². The average molecular weight is 250 g/mol. The van der Waals surface area contributed by atoms with Crippen LogP contribution in [0.3, 0.4) is 0 Å². The van der Waals surface area contributed by atoms with Crippen molar-refractivity contribution in [1.29, 1.82) is 5.26 Å². The van der Waals surface area contributed by atoms with Crippen LogP contribution in [0, 0.1) is 11.3 Å². The Labute approximate surface area is 107 Å². The van der Waals surface area contributed by atoms with E-state index in [4.69, 9.17) is 16.9 Å². The first kappa shape index (κ1) is 12.2. The maximum atomic E-state index is 9.05. The van der Waals surface area contributed by atoms with Crippen LogP contribution in [0.15, 0.2) is 18.2 Å². The third-order valence-electron chi connectivity index (χ3n) is 3.04. The average Bonchev–Trinajstić information content (AvgIpc) is 2.58. The van der Waals surface area contributed by atoms with Crippen LogP contribution in [0.4, 0.5) is 5.69 Å². The summed E-state index contributed by atoms with van der Waals surface area (Å²) in [4.78, 5) is 0. The summed E-state index contributed by atoms with van der Waals surface area (Å²) in [6.45, 7) is 2.11. The number of halogens is 1. The van der Waals surface area contributed by atoms with E-state index in [1.807, 2.05) is 6.07 Å². The molecule has 1 fully saturated rings. The van der Waals surface area contributed by atoms with Gasteiger partial charge in [0.05, 0.1) is 11.3 Å². The Hall–Kier alpha value is -1.24. The van der Waals surface area contributed by atoms with Crippen molar-refractivity contribution < 1.29 is 0 Å². The number of rotatable bonds is 2. The van der Waals surface area contributed by atoms with E-state index in [1.54, 1.807) is 12.1 Å². The second-order valence-corrected chi connectivity index (χ2v) is 4.76. The fourth-order valence-corrected chi connectivity index (χ4v) is 2.29. The molecule has 17 heavy (non-hydrogen) atoms.